The van der Waals surface area contributed by atoms with Crippen LogP contribution in [0.5, 0.6) is 11.5 Å². The maximum absolute atomic E-state index is 13.0. The summed E-state index contributed by atoms with van der Waals surface area (Å²) in [5, 5.41) is 2.81. The minimum absolute atomic E-state index is 0.151. The van der Waals surface area contributed by atoms with Gasteiger partial charge in [0.15, 0.2) is 11.5 Å². The van der Waals surface area contributed by atoms with Crippen molar-refractivity contribution in [1.29, 1.82) is 0 Å². The standard InChI is InChI=1S/C19H20N2O5S/c22-19(20-14-9-10-17-18(12-14)26-13-25-17)16-8-4-5-11-21(16)27(23,24)15-6-2-1-3-7-15/h1-3,6-7,9-10,12,16H,4-5,8,11,13H2,(H,20,22)/t16-/m0/s1. The van der Waals surface area contributed by atoms with Crippen molar-refractivity contribution < 1.29 is 22.7 Å². The predicted octanol–water partition coefficient (Wildman–Crippen LogP) is 2.60. The highest BCUT2D eigenvalue weighted by molar-refractivity contribution is 7.89. The van der Waals surface area contributed by atoms with Crippen LogP contribution in [-0.4, -0.2) is 38.0 Å². The number of benzene rings is 2. The summed E-state index contributed by atoms with van der Waals surface area (Å²) < 4.78 is 37.9. The van der Waals surface area contributed by atoms with Crippen LogP contribution in [-0.2, 0) is 14.8 Å². The smallest absolute Gasteiger partial charge is 0.243 e. The number of amides is 1. The quantitative estimate of drug-likeness (QED) is 0.870. The second-order valence-electron chi connectivity index (χ2n) is 6.50. The number of piperidine rings is 1. The van der Waals surface area contributed by atoms with E-state index in [9.17, 15) is 13.2 Å². The zero-order valence-electron chi connectivity index (χ0n) is 14.6. The van der Waals surface area contributed by atoms with Gasteiger partial charge in [0.25, 0.3) is 0 Å². The fourth-order valence-electron chi connectivity index (χ4n) is 3.38. The number of hydrogen-bond acceptors (Lipinski definition) is 5. The molecule has 0 aliphatic carbocycles. The van der Waals surface area contributed by atoms with Crippen LogP contribution < -0.4 is 14.8 Å². The van der Waals surface area contributed by atoms with Gasteiger partial charge in [0, 0.05) is 18.3 Å². The molecule has 1 N–H and O–H groups in total. The normalized spacial score (nSPS) is 19.6. The first kappa shape index (κ1) is 17.8. The second-order valence-corrected chi connectivity index (χ2v) is 8.39. The van der Waals surface area contributed by atoms with Crippen molar-refractivity contribution in [2.24, 2.45) is 0 Å². The van der Waals surface area contributed by atoms with Gasteiger partial charge >= 0.3 is 0 Å². The van der Waals surface area contributed by atoms with Crippen molar-refractivity contribution in [3.63, 3.8) is 0 Å². The number of hydrogen-bond donors (Lipinski definition) is 1. The number of sulfonamides is 1. The van der Waals surface area contributed by atoms with Crippen LogP contribution in [0.25, 0.3) is 0 Å². The van der Waals surface area contributed by atoms with Crippen molar-refractivity contribution in [2.45, 2.75) is 30.2 Å². The lowest BCUT2D eigenvalue weighted by Gasteiger charge is -2.33. The van der Waals surface area contributed by atoms with E-state index in [0.717, 1.165) is 12.8 Å². The first-order chi connectivity index (χ1) is 13.1. The minimum atomic E-state index is -3.73. The van der Waals surface area contributed by atoms with Gasteiger partial charge in [0.1, 0.15) is 6.04 Å². The van der Waals surface area contributed by atoms with E-state index in [1.807, 2.05) is 0 Å². The molecule has 0 bridgehead atoms. The molecule has 4 rings (SSSR count). The number of nitrogens with one attached hydrogen (secondary N) is 1. The van der Waals surface area contributed by atoms with Crippen molar-refractivity contribution in [3.8, 4) is 11.5 Å². The number of carbonyl (C=O) groups excluding carboxylic acids is 1. The Morgan fingerprint density at radius 2 is 1.81 bits per heavy atom. The van der Waals surface area contributed by atoms with Crippen LogP contribution in [0.4, 0.5) is 5.69 Å². The lowest BCUT2D eigenvalue weighted by molar-refractivity contribution is -0.120. The Morgan fingerprint density at radius 1 is 1.04 bits per heavy atom. The van der Waals surface area contributed by atoms with Gasteiger partial charge < -0.3 is 14.8 Å². The van der Waals surface area contributed by atoms with E-state index in [-0.39, 0.29) is 17.6 Å². The van der Waals surface area contributed by atoms with E-state index in [4.69, 9.17) is 9.47 Å². The molecule has 1 fully saturated rings. The fraction of sp³-hybridized carbons (Fsp3) is 0.316. The number of rotatable bonds is 4. The van der Waals surface area contributed by atoms with Crippen LogP contribution >= 0.6 is 0 Å². The summed E-state index contributed by atoms with van der Waals surface area (Å²) in [5.74, 6) is 0.845. The maximum Gasteiger partial charge on any atom is 0.243 e. The van der Waals surface area contributed by atoms with Gasteiger partial charge in [-0.1, -0.05) is 24.6 Å². The van der Waals surface area contributed by atoms with Gasteiger partial charge in [-0.3, -0.25) is 4.79 Å². The molecule has 2 heterocycles. The lowest BCUT2D eigenvalue weighted by Crippen LogP contribution is -2.49. The van der Waals surface area contributed by atoms with E-state index < -0.39 is 16.1 Å². The van der Waals surface area contributed by atoms with Gasteiger partial charge in [-0.15, -0.1) is 0 Å². The first-order valence-corrected chi connectivity index (χ1v) is 10.3. The van der Waals surface area contributed by atoms with E-state index in [1.165, 1.54) is 4.31 Å². The molecule has 0 spiro atoms. The highest BCUT2D eigenvalue weighted by Crippen LogP contribution is 2.34. The van der Waals surface area contributed by atoms with Crippen LogP contribution in [0.1, 0.15) is 19.3 Å². The number of fused-ring (bicyclic) bond motifs is 1. The van der Waals surface area contributed by atoms with E-state index in [2.05, 4.69) is 5.32 Å². The zero-order chi connectivity index (χ0) is 18.9. The third-order valence-corrected chi connectivity index (χ3v) is 6.67. The Kier molecular flexibility index (Phi) is 4.75. The monoisotopic (exact) mass is 388 g/mol. The summed E-state index contributed by atoms with van der Waals surface area (Å²) in [7, 11) is -3.73. The molecule has 2 aliphatic rings. The maximum atomic E-state index is 13.0. The summed E-state index contributed by atoms with van der Waals surface area (Å²) in [6.07, 6.45) is 2.03. The Bertz CT molecular complexity index is 946. The molecule has 1 saturated heterocycles. The predicted molar refractivity (Wildman–Crippen MR) is 99.2 cm³/mol. The van der Waals surface area contributed by atoms with Crippen LogP contribution in [0.3, 0.4) is 0 Å². The fourth-order valence-corrected chi connectivity index (χ4v) is 5.06. The third-order valence-electron chi connectivity index (χ3n) is 4.75. The minimum Gasteiger partial charge on any atom is -0.454 e. The molecular formula is C19H20N2O5S. The summed E-state index contributed by atoms with van der Waals surface area (Å²) in [5.41, 5.74) is 0.548. The molecule has 1 atom stereocenters. The van der Waals surface area contributed by atoms with Gasteiger partial charge in [0.05, 0.1) is 4.90 Å². The summed E-state index contributed by atoms with van der Waals surface area (Å²) in [4.78, 5) is 13.1. The molecule has 7 nitrogen and oxygen atoms in total. The number of anilines is 1. The van der Waals surface area contributed by atoms with Crippen LogP contribution in [0.15, 0.2) is 53.4 Å². The molecule has 0 saturated carbocycles. The van der Waals surface area contributed by atoms with Crippen LogP contribution in [0.2, 0.25) is 0 Å². The third kappa shape index (κ3) is 3.50. The zero-order valence-corrected chi connectivity index (χ0v) is 15.4. The Morgan fingerprint density at radius 3 is 2.63 bits per heavy atom. The molecule has 142 valence electrons. The molecule has 8 heteroatoms. The van der Waals surface area contributed by atoms with E-state index in [0.29, 0.717) is 30.2 Å². The molecule has 2 aromatic rings. The summed E-state index contributed by atoms with van der Waals surface area (Å²) in [6.45, 7) is 0.481. The van der Waals surface area contributed by atoms with Gasteiger partial charge in [0.2, 0.25) is 22.7 Å². The SMILES string of the molecule is O=C(Nc1ccc2c(c1)OCO2)[C@@H]1CCCCN1S(=O)(=O)c1ccccc1. The molecule has 27 heavy (non-hydrogen) atoms. The molecule has 2 aromatic carbocycles. The summed E-state index contributed by atoms with van der Waals surface area (Å²) in [6, 6.07) is 12.6. The Labute approximate surface area is 157 Å². The Hall–Kier alpha value is -2.58. The first-order valence-electron chi connectivity index (χ1n) is 8.83. The van der Waals surface area contributed by atoms with E-state index in [1.54, 1.807) is 48.5 Å². The highest BCUT2D eigenvalue weighted by Gasteiger charge is 2.37. The van der Waals surface area contributed by atoms with Crippen molar-refractivity contribution in [2.75, 3.05) is 18.7 Å². The average molecular weight is 388 g/mol. The lowest BCUT2D eigenvalue weighted by atomic mass is 10.0. The van der Waals surface area contributed by atoms with Crippen molar-refractivity contribution in [1.82, 2.24) is 4.31 Å². The van der Waals surface area contributed by atoms with Gasteiger partial charge in [-0.2, -0.15) is 4.31 Å². The van der Waals surface area contributed by atoms with Crippen LogP contribution in [0, 0.1) is 0 Å². The molecule has 0 radical (unpaired) electrons. The average Bonchev–Trinajstić information content (AvgIpc) is 3.16. The topological polar surface area (TPSA) is 84.9 Å². The molecule has 2 aliphatic heterocycles. The van der Waals surface area contributed by atoms with Gasteiger partial charge in [-0.05, 0) is 37.1 Å². The van der Waals surface area contributed by atoms with Crippen molar-refractivity contribution >= 4 is 21.6 Å². The van der Waals surface area contributed by atoms with Crippen molar-refractivity contribution in [3.05, 3.63) is 48.5 Å². The number of carbonyl (C=O) groups is 1. The molecular weight excluding hydrogens is 368 g/mol. The summed E-state index contributed by atoms with van der Waals surface area (Å²) >= 11 is 0. The molecule has 0 aromatic heterocycles. The number of nitrogens with zero attached hydrogens (tertiary/aromatic N) is 1. The van der Waals surface area contributed by atoms with Gasteiger partial charge in [-0.25, -0.2) is 8.42 Å². The second kappa shape index (κ2) is 7.21. The van der Waals surface area contributed by atoms with E-state index >= 15 is 0 Å². The largest absolute Gasteiger partial charge is 0.454 e. The highest BCUT2D eigenvalue weighted by atomic mass is 32.2. The molecule has 0 unspecified atom stereocenters. The Balaban J connectivity index is 1.56. The molecule has 1 amide bonds. The number of ether oxygens (including phenoxy) is 2.